The Morgan fingerprint density at radius 2 is 1.89 bits per heavy atom. The van der Waals surface area contributed by atoms with Crippen LogP contribution in [0.25, 0.3) is 16.8 Å². The molecule has 2 aromatic carbocycles. The number of ether oxygens (including phenoxy) is 2. The third kappa shape index (κ3) is 3.62. The molecule has 1 aliphatic heterocycles. The minimum absolute atomic E-state index is 0.0981. The summed E-state index contributed by atoms with van der Waals surface area (Å²) < 4.78 is 24.5. The molecule has 1 fully saturated rings. The lowest BCUT2D eigenvalue weighted by atomic mass is 9.99. The molecule has 1 amide bonds. The topological polar surface area (TPSA) is 105 Å². The van der Waals surface area contributed by atoms with Crippen molar-refractivity contribution in [3.8, 4) is 11.5 Å². The Morgan fingerprint density at radius 1 is 1.14 bits per heavy atom. The van der Waals surface area contributed by atoms with Crippen molar-refractivity contribution in [2.24, 2.45) is 0 Å². The Balaban J connectivity index is 1.70. The summed E-state index contributed by atoms with van der Waals surface area (Å²) in [4.78, 5) is 36.0. The minimum Gasteiger partial charge on any atom is -0.507 e. The van der Waals surface area contributed by atoms with Crippen LogP contribution in [-0.4, -0.2) is 41.0 Å². The maximum atomic E-state index is 13.8. The first-order chi connectivity index (χ1) is 16.8. The van der Waals surface area contributed by atoms with Crippen LogP contribution < -0.4 is 14.4 Å². The number of Topliss-reactive ketones (excluding diaryl/α,β-unsaturated/α-hetero) is 1. The normalized spacial score (nSPS) is 17.4. The molecular weight excluding hydrogens is 473 g/mol. The van der Waals surface area contributed by atoms with Crippen molar-refractivity contribution in [3.63, 3.8) is 0 Å². The molecule has 35 heavy (non-hydrogen) atoms. The number of aliphatic hydroxyl groups is 1. The SMILES string of the molecule is COc1cc2nc(N3C(=O)C(=O)/C(=C(/O)c4ccc(F)c(C)c4)C3c3cccs3)[nH]c2cc1OC. The summed E-state index contributed by atoms with van der Waals surface area (Å²) in [5, 5.41) is 12.9. The van der Waals surface area contributed by atoms with Crippen LogP contribution >= 0.6 is 11.3 Å². The van der Waals surface area contributed by atoms with Crippen molar-refractivity contribution in [2.45, 2.75) is 13.0 Å². The van der Waals surface area contributed by atoms with Gasteiger partial charge in [-0.1, -0.05) is 6.07 Å². The van der Waals surface area contributed by atoms with Crippen LogP contribution in [0, 0.1) is 12.7 Å². The fourth-order valence-corrected chi connectivity index (χ4v) is 4.98. The van der Waals surface area contributed by atoms with Crippen molar-refractivity contribution >= 4 is 45.8 Å². The quantitative estimate of drug-likeness (QED) is 0.237. The number of thiophene rings is 1. The Bertz CT molecular complexity index is 1470. The summed E-state index contributed by atoms with van der Waals surface area (Å²) in [5.41, 5.74) is 1.51. The first-order valence-electron chi connectivity index (χ1n) is 10.6. The van der Waals surface area contributed by atoms with Crippen LogP contribution in [-0.2, 0) is 9.59 Å². The van der Waals surface area contributed by atoms with E-state index in [-0.39, 0.29) is 22.8 Å². The van der Waals surface area contributed by atoms with Crippen LogP contribution in [0.1, 0.15) is 22.0 Å². The van der Waals surface area contributed by atoms with Gasteiger partial charge in [0.1, 0.15) is 17.6 Å². The maximum absolute atomic E-state index is 13.8. The number of amides is 1. The zero-order valence-electron chi connectivity index (χ0n) is 19.0. The molecular formula is C25H20FN3O5S. The molecule has 1 atom stereocenters. The second-order valence-corrected chi connectivity index (χ2v) is 8.91. The summed E-state index contributed by atoms with van der Waals surface area (Å²) in [6.45, 7) is 1.55. The molecule has 3 heterocycles. The number of aliphatic hydroxyl groups excluding tert-OH is 1. The number of anilines is 1. The molecule has 0 radical (unpaired) electrons. The van der Waals surface area contributed by atoms with E-state index in [4.69, 9.17) is 9.47 Å². The highest BCUT2D eigenvalue weighted by atomic mass is 32.1. The van der Waals surface area contributed by atoms with Crippen molar-refractivity contribution in [1.29, 1.82) is 0 Å². The summed E-state index contributed by atoms with van der Waals surface area (Å²) in [5.74, 6) is -1.47. The van der Waals surface area contributed by atoms with Crippen molar-refractivity contribution < 1.29 is 28.6 Å². The van der Waals surface area contributed by atoms with Gasteiger partial charge < -0.3 is 19.6 Å². The fourth-order valence-electron chi connectivity index (χ4n) is 4.15. The lowest BCUT2D eigenvalue weighted by Crippen LogP contribution is -2.30. The Kier molecular flexibility index (Phi) is 5.52. The molecule has 0 bridgehead atoms. The number of aryl methyl sites for hydroxylation is 1. The van der Waals surface area contributed by atoms with Crippen LogP contribution in [0.5, 0.6) is 11.5 Å². The number of nitrogens with zero attached hydrogens (tertiary/aromatic N) is 2. The molecule has 0 spiro atoms. The van der Waals surface area contributed by atoms with Gasteiger partial charge in [0, 0.05) is 22.6 Å². The monoisotopic (exact) mass is 493 g/mol. The molecule has 0 saturated carbocycles. The lowest BCUT2D eigenvalue weighted by molar-refractivity contribution is -0.132. The second kappa shape index (κ2) is 8.55. The van der Waals surface area contributed by atoms with E-state index in [1.165, 1.54) is 48.7 Å². The fraction of sp³-hybridized carbons (Fsp3) is 0.160. The number of methoxy groups -OCH3 is 2. The molecule has 1 unspecified atom stereocenters. The second-order valence-electron chi connectivity index (χ2n) is 7.93. The number of aromatic nitrogens is 2. The van der Waals surface area contributed by atoms with Crippen LogP contribution in [0.3, 0.4) is 0 Å². The average molecular weight is 494 g/mol. The number of fused-ring (bicyclic) bond motifs is 1. The molecule has 4 aromatic rings. The van der Waals surface area contributed by atoms with E-state index in [1.54, 1.807) is 31.2 Å². The van der Waals surface area contributed by atoms with Gasteiger partial charge in [0.05, 0.1) is 30.8 Å². The maximum Gasteiger partial charge on any atom is 0.302 e. The van der Waals surface area contributed by atoms with E-state index in [9.17, 15) is 19.1 Å². The molecule has 178 valence electrons. The molecule has 8 nitrogen and oxygen atoms in total. The molecule has 2 aromatic heterocycles. The number of imidazole rings is 1. The molecule has 10 heteroatoms. The van der Waals surface area contributed by atoms with Crippen LogP contribution in [0.15, 0.2) is 53.4 Å². The number of carbonyl (C=O) groups excluding carboxylic acids is 2. The number of hydrogen-bond donors (Lipinski definition) is 2. The predicted octanol–water partition coefficient (Wildman–Crippen LogP) is 4.72. The molecule has 1 aliphatic rings. The van der Waals surface area contributed by atoms with Gasteiger partial charge in [-0.25, -0.2) is 9.37 Å². The molecule has 2 N–H and O–H groups in total. The number of hydrogen-bond acceptors (Lipinski definition) is 7. The summed E-state index contributed by atoms with van der Waals surface area (Å²) in [6, 6.07) is 9.99. The Labute approximate surface area is 203 Å². The number of H-pyrrole nitrogens is 1. The zero-order chi connectivity index (χ0) is 24.9. The Hall–Kier alpha value is -4.18. The van der Waals surface area contributed by atoms with E-state index in [1.807, 2.05) is 5.38 Å². The first kappa shape index (κ1) is 22.6. The van der Waals surface area contributed by atoms with Crippen LogP contribution in [0.2, 0.25) is 0 Å². The van der Waals surface area contributed by atoms with Gasteiger partial charge in [0.25, 0.3) is 5.78 Å². The number of rotatable bonds is 5. The molecule has 0 aliphatic carbocycles. The van der Waals surface area contributed by atoms with Gasteiger partial charge in [-0.05, 0) is 42.1 Å². The standard InChI is InChI=1S/C25H20FN3O5S/c1-12-9-13(6-7-14(12)26)22(30)20-21(19-5-4-8-35-19)29(24(32)23(20)31)25-27-15-10-17(33-2)18(34-3)11-16(15)28-25/h4-11,21,30H,1-3H3,(H,27,28)/b22-20+. The van der Waals surface area contributed by atoms with Gasteiger partial charge in [-0.2, -0.15) is 0 Å². The third-order valence-corrected chi connectivity index (χ3v) is 6.82. The smallest absolute Gasteiger partial charge is 0.302 e. The van der Waals surface area contributed by atoms with Gasteiger partial charge >= 0.3 is 5.91 Å². The van der Waals surface area contributed by atoms with Gasteiger partial charge in [0.15, 0.2) is 11.5 Å². The zero-order valence-corrected chi connectivity index (χ0v) is 19.8. The van der Waals surface area contributed by atoms with E-state index in [2.05, 4.69) is 9.97 Å². The van der Waals surface area contributed by atoms with Gasteiger partial charge in [0.2, 0.25) is 5.95 Å². The van der Waals surface area contributed by atoms with Gasteiger partial charge in [-0.15, -0.1) is 11.3 Å². The lowest BCUT2D eigenvalue weighted by Gasteiger charge is -2.21. The highest BCUT2D eigenvalue weighted by molar-refractivity contribution is 7.10. The highest BCUT2D eigenvalue weighted by Crippen LogP contribution is 2.43. The highest BCUT2D eigenvalue weighted by Gasteiger charge is 2.48. The van der Waals surface area contributed by atoms with E-state index < -0.39 is 23.5 Å². The average Bonchev–Trinajstić information content (AvgIpc) is 3.58. The number of ketones is 1. The summed E-state index contributed by atoms with van der Waals surface area (Å²) >= 11 is 1.33. The summed E-state index contributed by atoms with van der Waals surface area (Å²) in [7, 11) is 3.01. The van der Waals surface area contributed by atoms with E-state index >= 15 is 0 Å². The van der Waals surface area contributed by atoms with Gasteiger partial charge in [-0.3, -0.25) is 14.5 Å². The van der Waals surface area contributed by atoms with Crippen LogP contribution in [0.4, 0.5) is 10.3 Å². The number of nitrogens with one attached hydrogen (secondary N) is 1. The molecule has 1 saturated heterocycles. The van der Waals surface area contributed by atoms with Crippen molar-refractivity contribution in [3.05, 3.63) is 75.2 Å². The number of halogens is 1. The number of aromatic amines is 1. The number of benzene rings is 2. The van der Waals surface area contributed by atoms with Crippen molar-refractivity contribution in [1.82, 2.24) is 9.97 Å². The minimum atomic E-state index is -0.926. The van der Waals surface area contributed by atoms with Crippen molar-refractivity contribution in [2.75, 3.05) is 19.1 Å². The van der Waals surface area contributed by atoms with E-state index in [0.29, 0.717) is 33.0 Å². The Morgan fingerprint density at radius 3 is 2.54 bits per heavy atom. The molecule has 5 rings (SSSR count). The van der Waals surface area contributed by atoms with E-state index in [0.717, 1.165) is 0 Å². The third-order valence-electron chi connectivity index (χ3n) is 5.89. The first-order valence-corrected chi connectivity index (χ1v) is 11.4. The predicted molar refractivity (Wildman–Crippen MR) is 129 cm³/mol. The summed E-state index contributed by atoms with van der Waals surface area (Å²) in [6.07, 6.45) is 0. The largest absolute Gasteiger partial charge is 0.507 e. The number of carbonyl (C=O) groups is 2.